The summed E-state index contributed by atoms with van der Waals surface area (Å²) in [6, 6.07) is 0. The summed E-state index contributed by atoms with van der Waals surface area (Å²) < 4.78 is 12.0. The Morgan fingerprint density at radius 3 is 2.09 bits per heavy atom. The Hall–Kier alpha value is -0.203. The van der Waals surface area contributed by atoms with E-state index in [9.17, 15) is 9.59 Å². The fourth-order valence-electron chi connectivity index (χ4n) is 2.06. The molecule has 0 saturated heterocycles. The van der Waals surface area contributed by atoms with Gasteiger partial charge in [-0.1, -0.05) is 50.5 Å². The third-order valence-electron chi connectivity index (χ3n) is 4.75. The number of aldehydes is 1. The number of halogens is 1. The molecule has 0 aromatic rings. The van der Waals surface area contributed by atoms with Crippen LogP contribution in [0.2, 0.25) is 18.1 Å². The van der Waals surface area contributed by atoms with Crippen molar-refractivity contribution < 1.29 is 18.8 Å². The van der Waals surface area contributed by atoms with Gasteiger partial charge in [0.15, 0.2) is 8.32 Å². The molecular weight excluding hydrogens is 376 g/mol. The Balaban J connectivity index is 5.16. The van der Waals surface area contributed by atoms with Crippen LogP contribution in [0.3, 0.4) is 0 Å². The summed E-state index contributed by atoms with van der Waals surface area (Å²) in [5.74, 6) is -0.375. The molecule has 23 heavy (non-hydrogen) atoms. The second kappa shape index (κ2) is 9.32. The topological polar surface area (TPSA) is 52.6 Å². The fraction of sp³-hybridized carbons (Fsp3) is 0.882. The highest BCUT2D eigenvalue weighted by molar-refractivity contribution is 9.10. The molecule has 0 aliphatic carbocycles. The number of hydrogen-bond acceptors (Lipinski definition) is 4. The summed E-state index contributed by atoms with van der Waals surface area (Å²) in [7, 11) is -1.92. The maximum Gasteiger partial charge on any atom is 0.319 e. The molecule has 0 aliphatic rings. The van der Waals surface area contributed by atoms with E-state index < -0.39 is 14.4 Å². The van der Waals surface area contributed by atoms with Crippen LogP contribution in [0.4, 0.5) is 0 Å². The summed E-state index contributed by atoms with van der Waals surface area (Å²) in [6.45, 7) is 16.8. The van der Waals surface area contributed by atoms with Gasteiger partial charge in [0.2, 0.25) is 0 Å². The van der Waals surface area contributed by atoms with E-state index in [4.69, 9.17) is 9.16 Å². The van der Waals surface area contributed by atoms with Crippen molar-refractivity contribution in [1.82, 2.24) is 0 Å². The molecule has 0 saturated carbocycles. The van der Waals surface area contributed by atoms with Crippen LogP contribution in [0.25, 0.3) is 0 Å². The Bertz CT molecular complexity index is 391. The summed E-state index contributed by atoms with van der Waals surface area (Å²) in [4.78, 5) is 22.5. The molecule has 0 aliphatic heterocycles. The highest BCUT2D eigenvalue weighted by atomic mass is 79.9. The van der Waals surface area contributed by atoms with Gasteiger partial charge < -0.3 is 14.0 Å². The number of carbonyl (C=O) groups is 2. The maximum absolute atomic E-state index is 11.9. The number of ether oxygens (including phenoxy) is 1. The summed E-state index contributed by atoms with van der Waals surface area (Å²) in [6.07, 6.45) is 1.36. The lowest BCUT2D eigenvalue weighted by Gasteiger charge is -2.41. The maximum atomic E-state index is 11.9. The lowest BCUT2D eigenvalue weighted by molar-refractivity contribution is -0.153. The third kappa shape index (κ3) is 7.06. The molecule has 4 nitrogen and oxygen atoms in total. The minimum Gasteiger partial charge on any atom is -0.461 e. The molecule has 136 valence electrons. The molecule has 1 unspecified atom stereocenters. The molecule has 0 aromatic carbocycles. The van der Waals surface area contributed by atoms with Gasteiger partial charge in [-0.3, -0.25) is 4.79 Å². The van der Waals surface area contributed by atoms with Gasteiger partial charge >= 0.3 is 5.97 Å². The minimum absolute atomic E-state index is 0.0285. The average molecular weight is 409 g/mol. The largest absolute Gasteiger partial charge is 0.461 e. The second-order valence-corrected chi connectivity index (χ2v) is 13.8. The van der Waals surface area contributed by atoms with Crippen molar-refractivity contribution in [2.45, 2.75) is 89.6 Å². The number of hydrogen-bond donors (Lipinski definition) is 0. The number of carbonyl (C=O) groups excluding carboxylic acids is 2. The van der Waals surface area contributed by atoms with Crippen molar-refractivity contribution in [3.8, 4) is 0 Å². The fourth-order valence-corrected chi connectivity index (χ4v) is 3.66. The van der Waals surface area contributed by atoms with Gasteiger partial charge in [-0.25, -0.2) is 0 Å². The Labute approximate surface area is 151 Å². The molecule has 0 fully saturated rings. The van der Waals surface area contributed by atoms with E-state index in [0.29, 0.717) is 0 Å². The molecule has 0 bridgehead atoms. The molecule has 0 amide bonds. The minimum atomic E-state index is -1.92. The van der Waals surface area contributed by atoms with Crippen molar-refractivity contribution in [3.05, 3.63) is 0 Å². The van der Waals surface area contributed by atoms with E-state index in [-0.39, 0.29) is 34.3 Å². The standard InChI is InChI=1S/C17H33BrO4Si/c1-9-14(22-23(7,8)17(4,5)6)12(2)15(10-11-19)21-16(20)13(3)18/h11-15H,9-10H2,1-8H3/t12-,13?,14+,15-/m0/s1. The van der Waals surface area contributed by atoms with Crippen LogP contribution in [0.15, 0.2) is 0 Å². The Kier molecular flexibility index (Phi) is 9.24. The molecule has 6 heteroatoms. The van der Waals surface area contributed by atoms with Crippen molar-refractivity contribution in [3.63, 3.8) is 0 Å². The predicted molar refractivity (Wildman–Crippen MR) is 100 cm³/mol. The van der Waals surface area contributed by atoms with Crippen LogP contribution in [0.1, 0.15) is 54.4 Å². The normalized spacial score (nSPS) is 18.0. The zero-order valence-corrected chi connectivity index (χ0v) is 18.4. The first kappa shape index (κ1) is 22.8. The van der Waals surface area contributed by atoms with Gasteiger partial charge in [-0.05, 0) is 31.5 Å². The van der Waals surface area contributed by atoms with Crippen LogP contribution in [0, 0.1) is 5.92 Å². The SMILES string of the molecule is CC[C@@H](O[Si](C)(C)C(C)(C)C)[C@H](C)[C@H](CC=O)OC(=O)C(C)Br. The first-order valence-corrected chi connectivity index (χ1v) is 12.2. The molecule has 0 N–H and O–H groups in total. The second-order valence-electron chi connectivity index (χ2n) is 7.68. The first-order valence-electron chi connectivity index (χ1n) is 8.33. The summed E-state index contributed by atoms with van der Waals surface area (Å²) >= 11 is 3.21. The number of alkyl halides is 1. The van der Waals surface area contributed by atoms with Crippen molar-refractivity contribution in [1.29, 1.82) is 0 Å². The predicted octanol–water partition coefficient (Wildman–Crippen LogP) is 4.71. The first-order chi connectivity index (χ1) is 10.4. The number of esters is 1. The molecular formula is C17H33BrO4Si. The van der Waals surface area contributed by atoms with Gasteiger partial charge in [0.25, 0.3) is 0 Å². The highest BCUT2D eigenvalue weighted by Gasteiger charge is 2.41. The molecule has 4 atom stereocenters. The molecule has 0 rings (SSSR count). The molecule has 0 heterocycles. The average Bonchev–Trinajstić information content (AvgIpc) is 2.42. The molecule has 0 aromatic heterocycles. The van der Waals surface area contributed by atoms with Crippen molar-refractivity contribution >= 4 is 36.5 Å². The van der Waals surface area contributed by atoms with E-state index in [1.54, 1.807) is 6.92 Å². The quantitative estimate of drug-likeness (QED) is 0.240. The van der Waals surface area contributed by atoms with Crippen LogP contribution < -0.4 is 0 Å². The van der Waals surface area contributed by atoms with E-state index in [1.165, 1.54) is 0 Å². The van der Waals surface area contributed by atoms with Crippen LogP contribution in [-0.2, 0) is 18.8 Å². The van der Waals surface area contributed by atoms with Gasteiger partial charge in [-0.15, -0.1) is 0 Å². The van der Waals surface area contributed by atoms with E-state index >= 15 is 0 Å². The number of rotatable bonds is 9. The van der Waals surface area contributed by atoms with Crippen LogP contribution >= 0.6 is 15.9 Å². The lowest BCUT2D eigenvalue weighted by Crippen LogP contribution is -2.47. The molecule has 0 spiro atoms. The Morgan fingerprint density at radius 2 is 1.74 bits per heavy atom. The van der Waals surface area contributed by atoms with Gasteiger partial charge in [0.05, 0.1) is 6.10 Å². The summed E-state index contributed by atoms with van der Waals surface area (Å²) in [5, 5.41) is 0.112. The van der Waals surface area contributed by atoms with E-state index in [1.807, 2.05) is 6.92 Å². The zero-order chi connectivity index (χ0) is 18.4. The van der Waals surface area contributed by atoms with E-state index in [2.05, 4.69) is 56.7 Å². The Morgan fingerprint density at radius 1 is 1.22 bits per heavy atom. The van der Waals surface area contributed by atoms with Crippen molar-refractivity contribution in [2.24, 2.45) is 5.92 Å². The monoisotopic (exact) mass is 408 g/mol. The summed E-state index contributed by atoms with van der Waals surface area (Å²) in [5.41, 5.74) is 0. The van der Waals surface area contributed by atoms with E-state index in [0.717, 1.165) is 12.7 Å². The van der Waals surface area contributed by atoms with Gasteiger partial charge in [0, 0.05) is 12.3 Å². The van der Waals surface area contributed by atoms with Crippen LogP contribution in [0.5, 0.6) is 0 Å². The van der Waals surface area contributed by atoms with Gasteiger partial charge in [0.1, 0.15) is 17.2 Å². The van der Waals surface area contributed by atoms with Crippen molar-refractivity contribution in [2.75, 3.05) is 0 Å². The third-order valence-corrected chi connectivity index (χ3v) is 9.63. The molecule has 0 radical (unpaired) electrons. The van der Waals surface area contributed by atoms with Gasteiger partial charge in [-0.2, -0.15) is 0 Å². The van der Waals surface area contributed by atoms with Crippen LogP contribution in [-0.4, -0.2) is 37.6 Å². The lowest BCUT2D eigenvalue weighted by atomic mass is 9.94. The zero-order valence-electron chi connectivity index (χ0n) is 15.8. The highest BCUT2D eigenvalue weighted by Crippen LogP contribution is 2.39. The smallest absolute Gasteiger partial charge is 0.319 e.